The topological polar surface area (TPSA) is 78.5 Å². The molecule has 3 aromatic rings. The van der Waals surface area contributed by atoms with E-state index < -0.39 is 22.9 Å². The summed E-state index contributed by atoms with van der Waals surface area (Å²) >= 11 is 6.69. The molecule has 1 N–H and O–H groups in total. The Morgan fingerprint density at radius 1 is 1.18 bits per heavy atom. The molecule has 0 saturated carbocycles. The third-order valence-corrected chi connectivity index (χ3v) is 8.37. The molecule has 1 aromatic heterocycles. The number of carbonyl (C=O) groups is 2. The number of aromatic nitrogens is 2. The number of benzene rings is 2. The van der Waals surface area contributed by atoms with Crippen LogP contribution in [0.25, 0.3) is 16.5 Å². The number of hydrogen-bond acceptors (Lipinski definition) is 6. The minimum Gasteiger partial charge on any atom is -0.383 e. The number of aromatic amines is 1. The van der Waals surface area contributed by atoms with Gasteiger partial charge in [-0.25, -0.2) is 0 Å². The van der Waals surface area contributed by atoms with E-state index in [9.17, 15) is 22.8 Å². The number of fused-ring (bicyclic) bond motifs is 1. The monoisotopic (exact) mass is 578 g/mol. The van der Waals surface area contributed by atoms with Gasteiger partial charge in [0.1, 0.15) is 0 Å². The Morgan fingerprint density at radius 2 is 1.95 bits per heavy atom. The lowest BCUT2D eigenvalue weighted by Gasteiger charge is -2.35. The Bertz CT molecular complexity index is 1430. The smallest absolute Gasteiger partial charge is 0.383 e. The zero-order valence-corrected chi connectivity index (χ0v) is 22.6. The number of H-pyrrole nitrogens is 1. The highest BCUT2D eigenvalue weighted by Gasteiger charge is 2.43. The number of hydrogen-bond donors (Lipinski definition) is 1. The first-order valence-electron chi connectivity index (χ1n) is 12.4. The summed E-state index contributed by atoms with van der Waals surface area (Å²) in [6, 6.07) is 8.57. The Hall–Kier alpha value is -2.86. The molecule has 0 radical (unpaired) electrons. The molecule has 2 aromatic carbocycles. The van der Waals surface area contributed by atoms with Crippen molar-refractivity contribution in [2.24, 2.45) is 0 Å². The lowest BCUT2D eigenvalue weighted by molar-refractivity contribution is -0.138. The van der Waals surface area contributed by atoms with Gasteiger partial charge in [-0.15, -0.1) is 0 Å². The number of imide groups is 1. The minimum absolute atomic E-state index is 0.0348. The predicted molar refractivity (Wildman–Crippen MR) is 144 cm³/mol. The van der Waals surface area contributed by atoms with Crippen LogP contribution in [0.15, 0.2) is 47.5 Å². The molecule has 2 fully saturated rings. The molecule has 39 heavy (non-hydrogen) atoms. The normalized spacial score (nSPS) is 18.9. The van der Waals surface area contributed by atoms with Gasteiger partial charge < -0.3 is 9.64 Å². The maximum atomic E-state index is 13.9. The first kappa shape index (κ1) is 27.7. The predicted octanol–water partition coefficient (Wildman–Crippen LogP) is 6.00. The molecule has 0 spiro atoms. The number of thioether (sulfide) groups is 1. The van der Waals surface area contributed by atoms with Gasteiger partial charge in [0.05, 0.1) is 28.8 Å². The maximum Gasteiger partial charge on any atom is 0.416 e. The zero-order chi connectivity index (χ0) is 27.7. The van der Waals surface area contributed by atoms with Gasteiger partial charge in [-0.2, -0.15) is 18.3 Å². The van der Waals surface area contributed by atoms with E-state index >= 15 is 0 Å². The van der Waals surface area contributed by atoms with Crippen LogP contribution in [0, 0.1) is 0 Å². The number of allylic oxidation sites excluding steroid dienone is 1. The van der Waals surface area contributed by atoms with Gasteiger partial charge in [-0.05, 0) is 72.0 Å². The quantitative estimate of drug-likeness (QED) is 0.347. The van der Waals surface area contributed by atoms with Crippen LogP contribution in [0.1, 0.15) is 29.5 Å². The van der Waals surface area contributed by atoms with Gasteiger partial charge in [0, 0.05) is 43.2 Å². The van der Waals surface area contributed by atoms with Crippen LogP contribution in [0.2, 0.25) is 5.02 Å². The minimum atomic E-state index is -4.64. The Kier molecular flexibility index (Phi) is 8.04. The number of rotatable bonds is 7. The van der Waals surface area contributed by atoms with E-state index in [1.54, 1.807) is 31.5 Å². The molecule has 0 atom stereocenters. The van der Waals surface area contributed by atoms with Gasteiger partial charge in [0.25, 0.3) is 11.1 Å². The lowest BCUT2D eigenvalue weighted by Crippen LogP contribution is -2.47. The van der Waals surface area contributed by atoms with Crippen LogP contribution in [-0.4, -0.2) is 70.5 Å². The highest BCUT2D eigenvalue weighted by Crippen LogP contribution is 2.42. The van der Waals surface area contributed by atoms with Crippen LogP contribution in [0.5, 0.6) is 0 Å². The Labute approximate surface area is 232 Å². The number of carbonyl (C=O) groups excluding carboxylic acids is 2. The van der Waals surface area contributed by atoms with Crippen LogP contribution in [-0.2, 0) is 22.1 Å². The van der Waals surface area contributed by atoms with E-state index in [0.717, 1.165) is 48.4 Å². The number of amides is 2. The molecule has 7 nitrogen and oxygen atoms in total. The molecule has 2 aliphatic rings. The van der Waals surface area contributed by atoms with Crippen molar-refractivity contribution in [3.05, 3.63) is 69.2 Å². The summed E-state index contributed by atoms with van der Waals surface area (Å²) in [7, 11) is 1.64. The molecule has 12 heteroatoms. The van der Waals surface area contributed by atoms with Crippen molar-refractivity contribution in [1.29, 1.82) is 0 Å². The van der Waals surface area contributed by atoms with Gasteiger partial charge >= 0.3 is 6.18 Å². The average Bonchev–Trinajstić information content (AvgIpc) is 3.49. The fraction of sp³-hybridized carbons (Fsp3) is 0.370. The first-order chi connectivity index (χ1) is 18.7. The number of likely N-dealkylation sites (tertiary alicyclic amines) is 1. The molecular formula is C27H26ClF3N4O3S. The number of ether oxygens (including phenoxy) is 1. The van der Waals surface area contributed by atoms with E-state index in [1.807, 2.05) is 0 Å². The Morgan fingerprint density at radius 3 is 2.67 bits per heavy atom. The van der Waals surface area contributed by atoms with Crippen molar-refractivity contribution >= 4 is 51.0 Å². The van der Waals surface area contributed by atoms with E-state index in [2.05, 4.69) is 15.1 Å². The van der Waals surface area contributed by atoms with E-state index in [1.165, 1.54) is 17.0 Å². The number of piperidine rings is 1. The lowest BCUT2D eigenvalue weighted by atomic mass is 9.93. The second-order valence-corrected chi connectivity index (χ2v) is 11.0. The van der Waals surface area contributed by atoms with Crippen molar-refractivity contribution < 1.29 is 27.5 Å². The maximum absolute atomic E-state index is 13.9. The van der Waals surface area contributed by atoms with Crippen LogP contribution >= 0.6 is 23.4 Å². The second kappa shape index (κ2) is 11.3. The fourth-order valence-corrected chi connectivity index (χ4v) is 6.28. The molecular weight excluding hydrogens is 553 g/mol. The van der Waals surface area contributed by atoms with Gasteiger partial charge in [0.2, 0.25) is 0 Å². The van der Waals surface area contributed by atoms with Crippen LogP contribution < -0.4 is 0 Å². The number of methoxy groups -OCH3 is 1. The molecule has 0 unspecified atom stereocenters. The number of nitrogens with zero attached hydrogens (tertiary/aromatic N) is 3. The highest BCUT2D eigenvalue weighted by atomic mass is 35.5. The number of alkyl halides is 3. The largest absolute Gasteiger partial charge is 0.416 e. The van der Waals surface area contributed by atoms with E-state index in [4.69, 9.17) is 16.3 Å². The van der Waals surface area contributed by atoms with E-state index in [0.29, 0.717) is 30.6 Å². The van der Waals surface area contributed by atoms with Crippen molar-refractivity contribution in [3.63, 3.8) is 0 Å². The molecule has 3 heterocycles. The van der Waals surface area contributed by atoms with Crippen LogP contribution in [0.3, 0.4) is 0 Å². The summed E-state index contributed by atoms with van der Waals surface area (Å²) in [6.45, 7) is 2.81. The third kappa shape index (κ3) is 5.86. The summed E-state index contributed by atoms with van der Waals surface area (Å²) < 4.78 is 47.0. The summed E-state index contributed by atoms with van der Waals surface area (Å²) in [6.07, 6.45) is -2.00. The average molecular weight is 579 g/mol. The second-order valence-electron chi connectivity index (χ2n) is 9.56. The fourth-order valence-electron chi connectivity index (χ4n) is 5.10. The molecule has 206 valence electrons. The third-order valence-electron chi connectivity index (χ3n) is 7.14. The van der Waals surface area contributed by atoms with Gasteiger partial charge in [-0.3, -0.25) is 19.6 Å². The molecule has 0 aliphatic carbocycles. The van der Waals surface area contributed by atoms with E-state index in [-0.39, 0.29) is 28.0 Å². The highest BCUT2D eigenvalue weighted by molar-refractivity contribution is 8.18. The SMILES string of the molecule is COCCN1CCC(N2C(=O)S/C(=C(/Cc3ccc(Cl)cc3C(F)(F)F)c3ccc4[nH]ncc4c3)C2=O)CC1. The van der Waals surface area contributed by atoms with Gasteiger partial charge in [-0.1, -0.05) is 23.7 Å². The number of halogens is 4. The molecule has 0 bridgehead atoms. The molecule has 2 amide bonds. The summed E-state index contributed by atoms with van der Waals surface area (Å²) in [4.78, 5) is 30.6. The standard InChI is InChI=1S/C27H26ClF3N4O3S/c1-38-11-10-34-8-6-20(7-9-34)35-25(36)24(39-26(35)37)21(16-3-5-23-18(12-16)15-32-33-23)13-17-2-4-19(28)14-22(17)27(29,30)31/h2-5,12,14-15,20H,6-11,13H2,1H3,(H,32,33)/b24-21-. The summed E-state index contributed by atoms with van der Waals surface area (Å²) in [5.41, 5.74) is 0.738. The molecule has 5 rings (SSSR count). The first-order valence-corrected chi connectivity index (χ1v) is 13.6. The van der Waals surface area contributed by atoms with Crippen LogP contribution in [0.4, 0.5) is 18.0 Å². The van der Waals surface area contributed by atoms with Crippen molar-refractivity contribution in [3.8, 4) is 0 Å². The molecule has 2 aliphatic heterocycles. The molecule has 2 saturated heterocycles. The summed E-state index contributed by atoms with van der Waals surface area (Å²) in [5.74, 6) is -0.467. The summed E-state index contributed by atoms with van der Waals surface area (Å²) in [5, 5.41) is 7.16. The zero-order valence-electron chi connectivity index (χ0n) is 21.1. The number of nitrogens with one attached hydrogen (secondary N) is 1. The van der Waals surface area contributed by atoms with Crippen molar-refractivity contribution in [2.45, 2.75) is 31.5 Å². The van der Waals surface area contributed by atoms with Gasteiger partial charge in [0.15, 0.2) is 0 Å². The van der Waals surface area contributed by atoms with Crippen molar-refractivity contribution in [1.82, 2.24) is 20.0 Å². The van der Waals surface area contributed by atoms with Crippen molar-refractivity contribution in [2.75, 3.05) is 33.4 Å². The Balaban J connectivity index is 1.52.